The summed E-state index contributed by atoms with van der Waals surface area (Å²) in [5.74, 6) is 0. The second kappa shape index (κ2) is 10.1. The Morgan fingerprint density at radius 1 is 1.15 bits per heavy atom. The van der Waals surface area contributed by atoms with Gasteiger partial charge in [-0.05, 0) is 99.2 Å². The SMILES string of the molecule is CCN1CCC[C@H]1CN(Cc1cc2ccc(C)cc2[nH]c1=O)C(=S)Nc1cc(C)ccc1C. The van der Waals surface area contributed by atoms with Crippen LogP contribution in [-0.4, -0.2) is 45.6 Å². The van der Waals surface area contributed by atoms with Crippen LogP contribution in [0.5, 0.6) is 0 Å². The van der Waals surface area contributed by atoms with Gasteiger partial charge in [0.05, 0.1) is 6.54 Å². The third-order valence-corrected chi connectivity index (χ3v) is 7.06. The minimum atomic E-state index is -0.0496. The fraction of sp³-hybridized carbons (Fsp3) is 0.407. The highest BCUT2D eigenvalue weighted by molar-refractivity contribution is 7.80. The van der Waals surface area contributed by atoms with Gasteiger partial charge in [0.1, 0.15) is 0 Å². The summed E-state index contributed by atoms with van der Waals surface area (Å²) in [4.78, 5) is 20.7. The van der Waals surface area contributed by atoms with E-state index < -0.39 is 0 Å². The molecule has 1 aliphatic heterocycles. The molecule has 1 atom stereocenters. The maximum absolute atomic E-state index is 13.0. The molecule has 2 heterocycles. The Bertz CT molecular complexity index is 1220. The number of benzene rings is 2. The first kappa shape index (κ1) is 23.5. The maximum Gasteiger partial charge on any atom is 0.253 e. The third kappa shape index (κ3) is 5.45. The fourth-order valence-electron chi connectivity index (χ4n) is 4.74. The van der Waals surface area contributed by atoms with E-state index in [1.165, 1.54) is 12.0 Å². The highest BCUT2D eigenvalue weighted by atomic mass is 32.1. The number of hydrogen-bond acceptors (Lipinski definition) is 3. The van der Waals surface area contributed by atoms with Crippen molar-refractivity contribution >= 4 is 33.9 Å². The van der Waals surface area contributed by atoms with Gasteiger partial charge in [0.15, 0.2) is 5.11 Å². The van der Waals surface area contributed by atoms with Crippen molar-refractivity contribution < 1.29 is 0 Å². The normalized spacial score (nSPS) is 16.3. The van der Waals surface area contributed by atoms with Gasteiger partial charge in [-0.25, -0.2) is 0 Å². The van der Waals surface area contributed by atoms with E-state index in [4.69, 9.17) is 12.2 Å². The maximum atomic E-state index is 13.0. The zero-order valence-electron chi connectivity index (χ0n) is 20.1. The van der Waals surface area contributed by atoms with Crippen LogP contribution in [0.4, 0.5) is 5.69 Å². The molecule has 5 nitrogen and oxygen atoms in total. The number of nitrogens with zero attached hydrogens (tertiary/aromatic N) is 2. The highest BCUT2D eigenvalue weighted by Gasteiger charge is 2.27. The average Bonchev–Trinajstić information content (AvgIpc) is 3.23. The van der Waals surface area contributed by atoms with Crippen LogP contribution >= 0.6 is 12.2 Å². The van der Waals surface area contributed by atoms with Crippen LogP contribution in [0.2, 0.25) is 0 Å². The number of pyridine rings is 1. The quantitative estimate of drug-likeness (QED) is 0.497. The lowest BCUT2D eigenvalue weighted by Gasteiger charge is -2.32. The lowest BCUT2D eigenvalue weighted by molar-refractivity contribution is 0.221. The molecule has 1 aromatic heterocycles. The zero-order valence-corrected chi connectivity index (χ0v) is 20.9. The van der Waals surface area contributed by atoms with Gasteiger partial charge < -0.3 is 15.2 Å². The number of fused-ring (bicyclic) bond motifs is 1. The number of aryl methyl sites for hydroxylation is 3. The molecule has 4 rings (SSSR count). The van der Waals surface area contributed by atoms with E-state index in [1.54, 1.807) is 0 Å². The van der Waals surface area contributed by atoms with E-state index in [1.807, 2.05) is 19.1 Å². The molecule has 6 heteroatoms. The van der Waals surface area contributed by atoms with Crippen molar-refractivity contribution in [3.8, 4) is 0 Å². The van der Waals surface area contributed by atoms with Crippen molar-refractivity contribution in [2.75, 3.05) is 25.0 Å². The van der Waals surface area contributed by atoms with E-state index >= 15 is 0 Å². The average molecular weight is 463 g/mol. The molecule has 174 valence electrons. The van der Waals surface area contributed by atoms with Crippen LogP contribution in [0.15, 0.2) is 47.3 Å². The molecule has 0 saturated carbocycles. The van der Waals surface area contributed by atoms with Gasteiger partial charge in [0.2, 0.25) is 0 Å². The minimum absolute atomic E-state index is 0.0496. The van der Waals surface area contributed by atoms with Crippen LogP contribution in [0, 0.1) is 20.8 Å². The molecular formula is C27H34N4OS. The van der Waals surface area contributed by atoms with Crippen LogP contribution < -0.4 is 10.9 Å². The van der Waals surface area contributed by atoms with E-state index in [2.05, 4.69) is 71.2 Å². The van der Waals surface area contributed by atoms with Gasteiger partial charge in [-0.2, -0.15) is 0 Å². The van der Waals surface area contributed by atoms with Crippen molar-refractivity contribution in [2.24, 2.45) is 0 Å². The lowest BCUT2D eigenvalue weighted by Crippen LogP contribution is -2.45. The second-order valence-corrected chi connectivity index (χ2v) is 9.65. The number of aromatic nitrogens is 1. The number of H-pyrrole nitrogens is 1. The Morgan fingerprint density at radius 2 is 1.91 bits per heavy atom. The lowest BCUT2D eigenvalue weighted by atomic mass is 10.1. The first-order valence-corrected chi connectivity index (χ1v) is 12.2. The van der Waals surface area contributed by atoms with E-state index in [9.17, 15) is 4.79 Å². The van der Waals surface area contributed by atoms with Gasteiger partial charge in [0, 0.05) is 29.4 Å². The van der Waals surface area contributed by atoms with Crippen LogP contribution in [0.25, 0.3) is 10.9 Å². The Hall–Kier alpha value is -2.70. The van der Waals surface area contributed by atoms with Crippen LogP contribution in [-0.2, 0) is 6.54 Å². The molecule has 0 amide bonds. The van der Waals surface area contributed by atoms with E-state index in [0.717, 1.165) is 59.3 Å². The van der Waals surface area contributed by atoms with Gasteiger partial charge in [-0.15, -0.1) is 0 Å². The molecule has 0 radical (unpaired) electrons. The van der Waals surface area contributed by atoms with E-state index in [-0.39, 0.29) is 5.56 Å². The standard InChI is InChI=1S/C27H34N4OS/c1-5-30-12-6-7-23(30)17-31(27(33)29-24-13-18(2)8-10-20(24)4)16-22-15-21-11-9-19(3)14-25(21)28-26(22)32/h8-11,13-15,23H,5-7,12,16-17H2,1-4H3,(H,28,32)(H,29,33)/t23-/m0/s1. The Morgan fingerprint density at radius 3 is 2.70 bits per heavy atom. The number of rotatable bonds is 6. The molecule has 0 spiro atoms. The predicted octanol–water partition coefficient (Wildman–Crippen LogP) is 5.14. The first-order valence-electron chi connectivity index (χ1n) is 11.8. The summed E-state index contributed by atoms with van der Waals surface area (Å²) < 4.78 is 0. The van der Waals surface area contributed by atoms with Crippen molar-refractivity contribution in [2.45, 2.75) is 53.1 Å². The van der Waals surface area contributed by atoms with Gasteiger partial charge in [-0.1, -0.05) is 31.2 Å². The topological polar surface area (TPSA) is 51.4 Å². The summed E-state index contributed by atoms with van der Waals surface area (Å²) in [7, 11) is 0. The Kier molecular flexibility index (Phi) is 7.15. The molecule has 2 aromatic carbocycles. The highest BCUT2D eigenvalue weighted by Crippen LogP contribution is 2.22. The van der Waals surface area contributed by atoms with Gasteiger partial charge >= 0.3 is 0 Å². The van der Waals surface area contributed by atoms with E-state index in [0.29, 0.717) is 17.7 Å². The summed E-state index contributed by atoms with van der Waals surface area (Å²) in [6.45, 7) is 11.9. The number of hydrogen-bond donors (Lipinski definition) is 2. The first-order chi connectivity index (χ1) is 15.8. The van der Waals surface area contributed by atoms with Crippen molar-refractivity contribution in [3.05, 3.63) is 75.1 Å². The zero-order chi connectivity index (χ0) is 23.5. The van der Waals surface area contributed by atoms with Gasteiger partial charge in [-0.3, -0.25) is 9.69 Å². The molecule has 1 saturated heterocycles. The Labute approximate surface area is 201 Å². The van der Waals surface area contributed by atoms with Crippen LogP contribution in [0.1, 0.15) is 42.0 Å². The molecule has 0 aliphatic carbocycles. The number of likely N-dealkylation sites (tertiary alicyclic amines) is 1. The fourth-order valence-corrected chi connectivity index (χ4v) is 4.99. The second-order valence-electron chi connectivity index (χ2n) is 9.27. The molecule has 2 N–H and O–H groups in total. The predicted molar refractivity (Wildman–Crippen MR) is 142 cm³/mol. The summed E-state index contributed by atoms with van der Waals surface area (Å²) in [5, 5.41) is 5.17. The molecule has 1 fully saturated rings. The van der Waals surface area contributed by atoms with Crippen molar-refractivity contribution in [3.63, 3.8) is 0 Å². The van der Waals surface area contributed by atoms with Crippen molar-refractivity contribution in [1.82, 2.24) is 14.8 Å². The Balaban J connectivity index is 1.63. The summed E-state index contributed by atoms with van der Waals surface area (Å²) in [6, 6.07) is 14.9. The molecule has 1 aliphatic rings. The van der Waals surface area contributed by atoms with Gasteiger partial charge in [0.25, 0.3) is 5.56 Å². The molecular weight excluding hydrogens is 428 g/mol. The molecule has 0 unspecified atom stereocenters. The molecule has 3 aromatic rings. The largest absolute Gasteiger partial charge is 0.343 e. The number of nitrogens with one attached hydrogen (secondary N) is 2. The van der Waals surface area contributed by atoms with Crippen molar-refractivity contribution in [1.29, 1.82) is 0 Å². The monoisotopic (exact) mass is 462 g/mol. The smallest absolute Gasteiger partial charge is 0.253 e. The number of likely N-dealkylation sites (N-methyl/N-ethyl adjacent to an activating group) is 1. The number of aromatic amines is 1. The molecule has 0 bridgehead atoms. The summed E-state index contributed by atoms with van der Waals surface area (Å²) in [5.41, 5.74) is 6.05. The third-order valence-electron chi connectivity index (χ3n) is 6.70. The van der Waals surface area contributed by atoms with Crippen LogP contribution in [0.3, 0.4) is 0 Å². The minimum Gasteiger partial charge on any atom is -0.343 e. The number of anilines is 1. The molecule has 33 heavy (non-hydrogen) atoms. The summed E-state index contributed by atoms with van der Waals surface area (Å²) >= 11 is 5.91. The number of thiocarbonyl (C=S) groups is 1. The summed E-state index contributed by atoms with van der Waals surface area (Å²) in [6.07, 6.45) is 2.36.